The molecule has 0 saturated heterocycles. The van der Waals surface area contributed by atoms with E-state index in [-0.39, 0.29) is 0 Å². The van der Waals surface area contributed by atoms with Gasteiger partial charge in [0.05, 0.1) is 12.2 Å². The van der Waals surface area contributed by atoms with Crippen LogP contribution < -0.4 is 10.5 Å². The normalized spacial score (nSPS) is 28.6. The van der Waals surface area contributed by atoms with Crippen LogP contribution in [0.4, 0.5) is 0 Å². The van der Waals surface area contributed by atoms with E-state index >= 15 is 0 Å². The highest BCUT2D eigenvalue weighted by Crippen LogP contribution is 2.37. The Hall–Kier alpha value is -1.06. The SMILES string of the molecule is NCC1(O)CCCC1CCOc1ccc2c(c1)CCC2. The molecule has 2 unspecified atom stereocenters. The number of aryl methyl sites for hydroxylation is 2. The van der Waals surface area contributed by atoms with E-state index in [0.29, 0.717) is 19.1 Å². The van der Waals surface area contributed by atoms with Gasteiger partial charge in [0.1, 0.15) is 5.75 Å². The molecule has 0 aromatic heterocycles. The first kappa shape index (κ1) is 13.9. The molecule has 2 aliphatic carbocycles. The van der Waals surface area contributed by atoms with Gasteiger partial charge in [0.25, 0.3) is 0 Å². The molecule has 3 nitrogen and oxygen atoms in total. The number of hydrogen-bond donors (Lipinski definition) is 2. The van der Waals surface area contributed by atoms with Crippen molar-refractivity contribution in [3.8, 4) is 5.75 Å². The highest BCUT2D eigenvalue weighted by molar-refractivity contribution is 5.38. The van der Waals surface area contributed by atoms with Crippen LogP contribution in [0, 0.1) is 5.92 Å². The smallest absolute Gasteiger partial charge is 0.119 e. The summed E-state index contributed by atoms with van der Waals surface area (Å²) in [6.45, 7) is 1.04. The van der Waals surface area contributed by atoms with Gasteiger partial charge in [-0.05, 0) is 67.7 Å². The van der Waals surface area contributed by atoms with Gasteiger partial charge in [0, 0.05) is 6.54 Å². The average molecular weight is 275 g/mol. The fourth-order valence-electron chi connectivity index (χ4n) is 3.77. The maximum atomic E-state index is 10.4. The predicted molar refractivity (Wildman–Crippen MR) is 79.9 cm³/mol. The molecule has 20 heavy (non-hydrogen) atoms. The summed E-state index contributed by atoms with van der Waals surface area (Å²) in [5.41, 5.74) is 7.98. The summed E-state index contributed by atoms with van der Waals surface area (Å²) in [6, 6.07) is 6.46. The van der Waals surface area contributed by atoms with Crippen LogP contribution in [0.25, 0.3) is 0 Å². The van der Waals surface area contributed by atoms with Crippen molar-refractivity contribution in [2.24, 2.45) is 11.7 Å². The Labute approximate surface area is 121 Å². The van der Waals surface area contributed by atoms with Crippen molar-refractivity contribution in [1.82, 2.24) is 0 Å². The lowest BCUT2D eigenvalue weighted by atomic mass is 9.88. The van der Waals surface area contributed by atoms with E-state index in [1.165, 1.54) is 30.4 Å². The number of rotatable bonds is 5. The van der Waals surface area contributed by atoms with Crippen molar-refractivity contribution in [3.05, 3.63) is 29.3 Å². The lowest BCUT2D eigenvalue weighted by molar-refractivity contribution is 0.00355. The van der Waals surface area contributed by atoms with E-state index in [1.54, 1.807) is 0 Å². The van der Waals surface area contributed by atoms with Crippen molar-refractivity contribution in [2.75, 3.05) is 13.2 Å². The second-order valence-electron chi connectivity index (χ2n) is 6.32. The minimum absolute atomic E-state index is 0.293. The molecule has 3 rings (SSSR count). The summed E-state index contributed by atoms with van der Waals surface area (Å²) in [7, 11) is 0. The zero-order valence-electron chi connectivity index (χ0n) is 12.1. The molecule has 1 fully saturated rings. The number of hydrogen-bond acceptors (Lipinski definition) is 3. The Morgan fingerprint density at radius 2 is 2.10 bits per heavy atom. The molecule has 2 atom stereocenters. The third-order valence-electron chi connectivity index (χ3n) is 5.08. The van der Waals surface area contributed by atoms with Crippen LogP contribution in [0.5, 0.6) is 5.75 Å². The number of benzene rings is 1. The first-order chi connectivity index (χ1) is 9.71. The van der Waals surface area contributed by atoms with Gasteiger partial charge < -0.3 is 15.6 Å². The van der Waals surface area contributed by atoms with E-state index in [4.69, 9.17) is 10.5 Å². The largest absolute Gasteiger partial charge is 0.494 e. The standard InChI is InChI=1S/C17H25NO2/c18-12-17(19)9-2-5-15(17)8-10-20-16-7-6-13-3-1-4-14(13)11-16/h6-7,11,15,19H,1-5,8-10,12,18H2. The monoisotopic (exact) mass is 275 g/mol. The molecular weight excluding hydrogens is 250 g/mol. The van der Waals surface area contributed by atoms with Crippen LogP contribution in [0.2, 0.25) is 0 Å². The van der Waals surface area contributed by atoms with Crippen molar-refractivity contribution < 1.29 is 9.84 Å². The van der Waals surface area contributed by atoms with Crippen LogP contribution in [0.1, 0.15) is 43.2 Å². The first-order valence-corrected chi connectivity index (χ1v) is 7.88. The fourth-order valence-corrected chi connectivity index (χ4v) is 3.77. The van der Waals surface area contributed by atoms with Crippen molar-refractivity contribution in [1.29, 1.82) is 0 Å². The van der Waals surface area contributed by atoms with Crippen LogP contribution >= 0.6 is 0 Å². The van der Waals surface area contributed by atoms with Crippen LogP contribution in [0.15, 0.2) is 18.2 Å². The third kappa shape index (κ3) is 2.70. The number of fused-ring (bicyclic) bond motifs is 1. The minimum Gasteiger partial charge on any atom is -0.494 e. The summed E-state index contributed by atoms with van der Waals surface area (Å²) >= 11 is 0. The van der Waals surface area contributed by atoms with Crippen LogP contribution in [-0.4, -0.2) is 23.9 Å². The van der Waals surface area contributed by atoms with Crippen molar-refractivity contribution >= 4 is 0 Å². The predicted octanol–water partition coefficient (Wildman–Crippen LogP) is 2.43. The molecule has 0 bridgehead atoms. The van der Waals surface area contributed by atoms with E-state index < -0.39 is 5.60 Å². The highest BCUT2D eigenvalue weighted by atomic mass is 16.5. The van der Waals surface area contributed by atoms with E-state index in [0.717, 1.165) is 31.4 Å². The van der Waals surface area contributed by atoms with Gasteiger partial charge >= 0.3 is 0 Å². The number of aliphatic hydroxyl groups is 1. The van der Waals surface area contributed by atoms with Gasteiger partial charge in [-0.1, -0.05) is 12.5 Å². The maximum Gasteiger partial charge on any atom is 0.119 e. The molecule has 1 saturated carbocycles. The van der Waals surface area contributed by atoms with Gasteiger partial charge in [0.15, 0.2) is 0 Å². The minimum atomic E-state index is -0.651. The molecular formula is C17H25NO2. The van der Waals surface area contributed by atoms with E-state index in [1.807, 2.05) is 0 Å². The lowest BCUT2D eigenvalue weighted by Crippen LogP contribution is -2.41. The molecule has 0 radical (unpaired) electrons. The molecule has 0 heterocycles. The van der Waals surface area contributed by atoms with Crippen LogP contribution in [0.3, 0.4) is 0 Å². The molecule has 0 amide bonds. The molecule has 3 heteroatoms. The fraction of sp³-hybridized carbons (Fsp3) is 0.647. The maximum absolute atomic E-state index is 10.4. The third-order valence-corrected chi connectivity index (χ3v) is 5.08. The quantitative estimate of drug-likeness (QED) is 0.868. The Morgan fingerprint density at radius 1 is 1.25 bits per heavy atom. The Balaban J connectivity index is 1.53. The zero-order chi connectivity index (χ0) is 14.0. The van der Waals surface area contributed by atoms with Crippen LogP contribution in [-0.2, 0) is 12.8 Å². The first-order valence-electron chi connectivity index (χ1n) is 7.88. The summed E-state index contributed by atoms with van der Waals surface area (Å²) in [6.07, 6.45) is 7.55. The van der Waals surface area contributed by atoms with Gasteiger partial charge in [-0.2, -0.15) is 0 Å². The topological polar surface area (TPSA) is 55.5 Å². The second-order valence-corrected chi connectivity index (χ2v) is 6.32. The molecule has 2 aliphatic rings. The van der Waals surface area contributed by atoms with E-state index in [9.17, 15) is 5.11 Å². The molecule has 1 aromatic rings. The molecule has 3 N–H and O–H groups in total. The Kier molecular flexibility index (Phi) is 3.99. The van der Waals surface area contributed by atoms with Gasteiger partial charge in [0.2, 0.25) is 0 Å². The zero-order valence-corrected chi connectivity index (χ0v) is 12.1. The van der Waals surface area contributed by atoms with E-state index in [2.05, 4.69) is 18.2 Å². The summed E-state index contributed by atoms with van der Waals surface area (Å²) in [5, 5.41) is 10.4. The number of nitrogens with two attached hydrogens (primary N) is 1. The summed E-state index contributed by atoms with van der Waals surface area (Å²) < 4.78 is 5.88. The molecule has 110 valence electrons. The molecule has 0 aliphatic heterocycles. The van der Waals surface area contributed by atoms with Gasteiger partial charge in [-0.3, -0.25) is 0 Å². The highest BCUT2D eigenvalue weighted by Gasteiger charge is 2.39. The summed E-state index contributed by atoms with van der Waals surface area (Å²) in [5.74, 6) is 1.27. The number of ether oxygens (including phenoxy) is 1. The Bertz CT molecular complexity index is 474. The van der Waals surface area contributed by atoms with Crippen molar-refractivity contribution in [3.63, 3.8) is 0 Å². The molecule has 1 aromatic carbocycles. The Morgan fingerprint density at radius 3 is 2.95 bits per heavy atom. The van der Waals surface area contributed by atoms with Gasteiger partial charge in [-0.15, -0.1) is 0 Å². The van der Waals surface area contributed by atoms with Crippen molar-refractivity contribution in [2.45, 2.75) is 50.5 Å². The second kappa shape index (κ2) is 5.74. The van der Waals surface area contributed by atoms with Gasteiger partial charge in [-0.25, -0.2) is 0 Å². The molecule has 0 spiro atoms. The average Bonchev–Trinajstić information content (AvgIpc) is 3.06. The lowest BCUT2D eigenvalue weighted by Gasteiger charge is -2.28. The summed E-state index contributed by atoms with van der Waals surface area (Å²) in [4.78, 5) is 0.